The van der Waals surface area contributed by atoms with Gasteiger partial charge in [-0.05, 0) is 30.7 Å². The maximum atomic E-state index is 11.3. The third-order valence-electron chi connectivity index (χ3n) is 2.20. The Morgan fingerprint density at radius 3 is 2.72 bits per heavy atom. The summed E-state index contributed by atoms with van der Waals surface area (Å²) in [6.45, 7) is 1.42. The number of benzene rings is 1. The third-order valence-corrected chi connectivity index (χ3v) is 2.20. The molecule has 0 bridgehead atoms. The number of hydrogen-bond acceptors (Lipinski definition) is 4. The maximum Gasteiger partial charge on any atom is 0.331 e. The minimum Gasteiger partial charge on any atom is -0.497 e. The van der Waals surface area contributed by atoms with Gasteiger partial charge in [-0.3, -0.25) is 4.79 Å². The van der Waals surface area contributed by atoms with Gasteiger partial charge in [-0.1, -0.05) is 12.1 Å². The Hall–Kier alpha value is -2.30. The molecule has 1 aromatic rings. The number of carbonyl (C=O) groups excluding carboxylic acids is 2. The number of esters is 1. The number of amides is 1. The van der Waals surface area contributed by atoms with E-state index < -0.39 is 18.0 Å². The van der Waals surface area contributed by atoms with Crippen molar-refractivity contribution < 1.29 is 19.1 Å². The molecule has 0 saturated carbocycles. The van der Waals surface area contributed by atoms with Crippen LogP contribution in [0.3, 0.4) is 0 Å². The van der Waals surface area contributed by atoms with Gasteiger partial charge >= 0.3 is 5.97 Å². The highest BCUT2D eigenvalue weighted by molar-refractivity contribution is 5.89. The van der Waals surface area contributed by atoms with Crippen LogP contribution in [0.4, 0.5) is 0 Å². The highest BCUT2D eigenvalue weighted by Gasteiger charge is 2.11. The molecule has 5 heteroatoms. The van der Waals surface area contributed by atoms with E-state index in [-0.39, 0.29) is 0 Å². The second-order valence-electron chi connectivity index (χ2n) is 3.59. The summed E-state index contributed by atoms with van der Waals surface area (Å²) in [6, 6.07) is 7.17. The summed E-state index contributed by atoms with van der Waals surface area (Å²) in [5.41, 5.74) is 5.76. The molecule has 0 spiro atoms. The molecule has 0 fully saturated rings. The van der Waals surface area contributed by atoms with Crippen LogP contribution >= 0.6 is 0 Å². The molecule has 0 aromatic heterocycles. The van der Waals surface area contributed by atoms with Crippen molar-refractivity contribution >= 4 is 18.0 Å². The van der Waals surface area contributed by atoms with E-state index in [0.29, 0.717) is 5.75 Å². The van der Waals surface area contributed by atoms with Crippen molar-refractivity contribution in [1.82, 2.24) is 0 Å². The normalized spacial score (nSPS) is 12.1. The van der Waals surface area contributed by atoms with Crippen molar-refractivity contribution in [3.63, 3.8) is 0 Å². The summed E-state index contributed by atoms with van der Waals surface area (Å²) < 4.78 is 9.80. The van der Waals surface area contributed by atoms with Crippen molar-refractivity contribution in [1.29, 1.82) is 0 Å². The van der Waals surface area contributed by atoms with Gasteiger partial charge in [0, 0.05) is 6.08 Å². The Labute approximate surface area is 105 Å². The predicted octanol–water partition coefficient (Wildman–Crippen LogP) is 1.13. The topological polar surface area (TPSA) is 78.6 Å². The molecule has 0 unspecified atom stereocenters. The Bertz CT molecular complexity index is 468. The minimum absolute atomic E-state index is 0.621. The average molecular weight is 249 g/mol. The van der Waals surface area contributed by atoms with Crippen LogP contribution < -0.4 is 10.5 Å². The van der Waals surface area contributed by atoms with Crippen LogP contribution in [-0.4, -0.2) is 25.1 Å². The number of rotatable bonds is 5. The molecule has 1 amide bonds. The van der Waals surface area contributed by atoms with Gasteiger partial charge in [0.25, 0.3) is 5.91 Å². The lowest BCUT2D eigenvalue weighted by molar-refractivity contribution is -0.148. The van der Waals surface area contributed by atoms with Crippen molar-refractivity contribution in [3.05, 3.63) is 35.9 Å². The van der Waals surface area contributed by atoms with Crippen LogP contribution in [0.15, 0.2) is 30.3 Å². The number of methoxy groups -OCH3 is 1. The molecule has 0 aliphatic carbocycles. The maximum absolute atomic E-state index is 11.3. The van der Waals surface area contributed by atoms with Crippen LogP contribution in [0.5, 0.6) is 5.75 Å². The van der Waals surface area contributed by atoms with Gasteiger partial charge < -0.3 is 15.2 Å². The first-order valence-electron chi connectivity index (χ1n) is 5.35. The van der Waals surface area contributed by atoms with Crippen molar-refractivity contribution in [2.24, 2.45) is 5.73 Å². The van der Waals surface area contributed by atoms with E-state index in [4.69, 9.17) is 15.2 Å². The second kappa shape index (κ2) is 6.44. The Balaban J connectivity index is 2.63. The molecule has 96 valence electrons. The zero-order chi connectivity index (χ0) is 13.5. The summed E-state index contributed by atoms with van der Waals surface area (Å²) >= 11 is 0. The summed E-state index contributed by atoms with van der Waals surface area (Å²) in [5, 5.41) is 0. The molecular weight excluding hydrogens is 234 g/mol. The van der Waals surface area contributed by atoms with E-state index in [1.807, 2.05) is 6.07 Å². The van der Waals surface area contributed by atoms with Gasteiger partial charge in [0.15, 0.2) is 6.10 Å². The molecule has 0 heterocycles. The van der Waals surface area contributed by atoms with Gasteiger partial charge in [0.05, 0.1) is 7.11 Å². The van der Waals surface area contributed by atoms with Crippen molar-refractivity contribution in [2.45, 2.75) is 13.0 Å². The lowest BCUT2D eigenvalue weighted by Crippen LogP contribution is -2.29. The highest BCUT2D eigenvalue weighted by Crippen LogP contribution is 2.13. The van der Waals surface area contributed by atoms with Gasteiger partial charge in [-0.25, -0.2) is 4.79 Å². The minimum atomic E-state index is -0.938. The number of nitrogens with two attached hydrogens (primary N) is 1. The first-order valence-corrected chi connectivity index (χ1v) is 5.35. The SMILES string of the molecule is COc1cccc(/C=C/C(=O)O[C@H](C)C(N)=O)c1. The smallest absolute Gasteiger partial charge is 0.331 e. The van der Waals surface area contributed by atoms with E-state index in [1.54, 1.807) is 31.4 Å². The molecule has 0 radical (unpaired) electrons. The van der Waals surface area contributed by atoms with Crippen molar-refractivity contribution in [2.75, 3.05) is 7.11 Å². The van der Waals surface area contributed by atoms with E-state index in [0.717, 1.165) is 5.56 Å². The molecule has 5 nitrogen and oxygen atoms in total. The lowest BCUT2D eigenvalue weighted by atomic mass is 10.2. The zero-order valence-electron chi connectivity index (χ0n) is 10.3. The van der Waals surface area contributed by atoms with E-state index in [2.05, 4.69) is 0 Å². The zero-order valence-corrected chi connectivity index (χ0v) is 10.3. The molecule has 1 atom stereocenters. The summed E-state index contributed by atoms with van der Waals surface area (Å²) in [6.07, 6.45) is 1.86. The lowest BCUT2D eigenvalue weighted by Gasteiger charge is -2.06. The summed E-state index contributed by atoms with van der Waals surface area (Å²) in [7, 11) is 1.56. The molecule has 1 aromatic carbocycles. The second-order valence-corrected chi connectivity index (χ2v) is 3.59. The first-order chi connectivity index (χ1) is 8.52. The summed E-state index contributed by atoms with van der Waals surface area (Å²) in [4.78, 5) is 22.0. The number of ether oxygens (including phenoxy) is 2. The van der Waals surface area contributed by atoms with E-state index in [9.17, 15) is 9.59 Å². The number of primary amides is 1. The fourth-order valence-corrected chi connectivity index (χ4v) is 1.18. The van der Waals surface area contributed by atoms with Gasteiger partial charge in [-0.2, -0.15) is 0 Å². The Morgan fingerprint density at radius 1 is 1.39 bits per heavy atom. The van der Waals surface area contributed by atoms with Crippen LogP contribution in [0.25, 0.3) is 6.08 Å². The highest BCUT2D eigenvalue weighted by atomic mass is 16.5. The van der Waals surface area contributed by atoms with Crippen molar-refractivity contribution in [3.8, 4) is 5.75 Å². The van der Waals surface area contributed by atoms with Crippen LogP contribution in [0.1, 0.15) is 12.5 Å². The van der Waals surface area contributed by atoms with E-state index >= 15 is 0 Å². The standard InChI is InChI=1S/C13H15NO4/c1-9(13(14)16)18-12(15)7-6-10-4-3-5-11(8-10)17-2/h3-9H,1-2H3,(H2,14,16)/b7-6+/t9-/m1/s1. The molecular formula is C13H15NO4. The molecule has 0 saturated heterocycles. The predicted molar refractivity (Wildman–Crippen MR) is 66.8 cm³/mol. The monoisotopic (exact) mass is 249 g/mol. The van der Waals surface area contributed by atoms with Gasteiger partial charge in [0.1, 0.15) is 5.75 Å². The fourth-order valence-electron chi connectivity index (χ4n) is 1.18. The van der Waals surface area contributed by atoms with Crippen LogP contribution in [-0.2, 0) is 14.3 Å². The van der Waals surface area contributed by atoms with Gasteiger partial charge in [-0.15, -0.1) is 0 Å². The van der Waals surface area contributed by atoms with Gasteiger partial charge in [0.2, 0.25) is 0 Å². The quantitative estimate of drug-likeness (QED) is 0.626. The van der Waals surface area contributed by atoms with Crippen LogP contribution in [0.2, 0.25) is 0 Å². The third kappa shape index (κ3) is 4.29. The van der Waals surface area contributed by atoms with Crippen LogP contribution in [0, 0.1) is 0 Å². The average Bonchev–Trinajstić information content (AvgIpc) is 2.36. The largest absolute Gasteiger partial charge is 0.497 e. The molecule has 0 aliphatic heterocycles. The summed E-state index contributed by atoms with van der Waals surface area (Å²) in [5.74, 6) is -0.613. The molecule has 1 rings (SSSR count). The Morgan fingerprint density at radius 2 is 2.11 bits per heavy atom. The first kappa shape index (κ1) is 13.8. The molecule has 18 heavy (non-hydrogen) atoms. The van der Waals surface area contributed by atoms with E-state index in [1.165, 1.54) is 13.0 Å². The molecule has 0 aliphatic rings. The Kier molecular flexibility index (Phi) is 4.92. The number of carbonyl (C=O) groups is 2. The molecule has 2 N–H and O–H groups in total. The number of hydrogen-bond donors (Lipinski definition) is 1. The fraction of sp³-hybridized carbons (Fsp3) is 0.231.